The van der Waals surface area contributed by atoms with Crippen LogP contribution < -0.4 is 10.6 Å². The number of primary amides is 1. The van der Waals surface area contributed by atoms with Crippen LogP contribution in [0.25, 0.3) is 0 Å². The number of hydrogen-bond donors (Lipinski definition) is 1. The van der Waals surface area contributed by atoms with Gasteiger partial charge < -0.3 is 5.73 Å². The van der Waals surface area contributed by atoms with Crippen LogP contribution in [0.3, 0.4) is 0 Å². The van der Waals surface area contributed by atoms with Crippen LogP contribution in [0.2, 0.25) is 0 Å². The molecule has 4 rings (SSSR count). The lowest BCUT2D eigenvalue weighted by atomic mass is 9.85. The zero-order valence-corrected chi connectivity index (χ0v) is 11.2. The molecule has 3 aliphatic rings. The molecule has 1 heterocycles. The van der Waals surface area contributed by atoms with Gasteiger partial charge in [0.05, 0.1) is 17.5 Å². The zero-order chi connectivity index (χ0) is 14.7. The Kier molecular flexibility index (Phi) is 2.37. The molecule has 21 heavy (non-hydrogen) atoms. The highest BCUT2D eigenvalue weighted by Gasteiger charge is 2.59. The van der Waals surface area contributed by atoms with Gasteiger partial charge >= 0.3 is 0 Å². The van der Waals surface area contributed by atoms with Crippen molar-refractivity contribution in [3.8, 4) is 0 Å². The number of nitrogens with two attached hydrogens (primary N) is 1. The minimum Gasteiger partial charge on any atom is -0.366 e. The van der Waals surface area contributed by atoms with Crippen molar-refractivity contribution < 1.29 is 14.4 Å². The second kappa shape index (κ2) is 4.04. The highest BCUT2D eigenvalue weighted by molar-refractivity contribution is 6.22. The molecule has 2 aliphatic carbocycles. The van der Waals surface area contributed by atoms with Crippen molar-refractivity contribution in [2.24, 2.45) is 29.4 Å². The fourth-order valence-corrected chi connectivity index (χ4v) is 3.93. The van der Waals surface area contributed by atoms with E-state index in [9.17, 15) is 14.4 Å². The monoisotopic (exact) mass is 282 g/mol. The second-order valence-corrected chi connectivity index (χ2v) is 5.92. The Balaban J connectivity index is 1.69. The van der Waals surface area contributed by atoms with Crippen LogP contribution in [-0.2, 0) is 9.59 Å². The Morgan fingerprint density at radius 1 is 1.00 bits per heavy atom. The number of carbonyl (C=O) groups is 3. The third kappa shape index (κ3) is 1.54. The average Bonchev–Trinajstić information content (AvgIpc) is 3.13. The summed E-state index contributed by atoms with van der Waals surface area (Å²) in [6.45, 7) is 0. The fourth-order valence-electron chi connectivity index (χ4n) is 3.93. The number of imide groups is 1. The molecule has 2 fully saturated rings. The van der Waals surface area contributed by atoms with Crippen LogP contribution in [0, 0.1) is 23.7 Å². The number of anilines is 1. The maximum absolute atomic E-state index is 12.6. The standard InChI is InChI=1S/C16H14N2O3/c17-14(19)8-3-5-11(6-4-8)18-15(20)12-9-1-2-10(7-9)13(12)16(18)21/h1-6,9-10,12-13H,7H2,(H2,17,19)/t9-,10+,12+,13-. The highest BCUT2D eigenvalue weighted by Crippen LogP contribution is 2.53. The molecule has 0 radical (unpaired) electrons. The number of rotatable bonds is 2. The molecule has 0 spiro atoms. The minimum atomic E-state index is -0.528. The van der Waals surface area contributed by atoms with Gasteiger partial charge in [0.1, 0.15) is 0 Å². The largest absolute Gasteiger partial charge is 0.366 e. The quantitative estimate of drug-likeness (QED) is 0.651. The van der Waals surface area contributed by atoms with E-state index in [0.29, 0.717) is 11.3 Å². The number of allylic oxidation sites excluding steroid dienone is 2. The van der Waals surface area contributed by atoms with Gasteiger partial charge in [-0.05, 0) is 42.5 Å². The number of amides is 3. The lowest BCUT2D eigenvalue weighted by Crippen LogP contribution is -2.32. The van der Waals surface area contributed by atoms with Crippen LogP contribution in [0.5, 0.6) is 0 Å². The van der Waals surface area contributed by atoms with Crippen molar-refractivity contribution in [3.63, 3.8) is 0 Å². The van der Waals surface area contributed by atoms with Gasteiger partial charge in [-0.15, -0.1) is 0 Å². The molecule has 106 valence electrons. The predicted molar refractivity (Wildman–Crippen MR) is 75.2 cm³/mol. The molecule has 1 aliphatic heterocycles. The second-order valence-electron chi connectivity index (χ2n) is 5.92. The van der Waals surface area contributed by atoms with E-state index in [4.69, 9.17) is 5.73 Å². The normalized spacial score (nSPS) is 32.9. The summed E-state index contributed by atoms with van der Waals surface area (Å²) in [7, 11) is 0. The van der Waals surface area contributed by atoms with Gasteiger partial charge in [-0.1, -0.05) is 12.2 Å². The Labute approximate surface area is 121 Å². The average molecular weight is 282 g/mol. The third-order valence-corrected chi connectivity index (χ3v) is 4.88. The smallest absolute Gasteiger partial charge is 0.248 e. The molecule has 2 bridgehead atoms. The summed E-state index contributed by atoms with van der Waals surface area (Å²) in [5.74, 6) is -0.772. The molecular weight excluding hydrogens is 268 g/mol. The lowest BCUT2D eigenvalue weighted by molar-refractivity contribution is -0.123. The summed E-state index contributed by atoms with van der Waals surface area (Å²) < 4.78 is 0. The SMILES string of the molecule is NC(=O)c1ccc(N2C(=O)[C@@H]3[C@H](C2=O)[C@H]2C=C[C@@H]3C2)cc1. The minimum absolute atomic E-state index is 0.117. The van der Waals surface area contributed by atoms with Crippen molar-refractivity contribution >= 4 is 23.4 Å². The van der Waals surface area contributed by atoms with E-state index in [0.717, 1.165) is 6.42 Å². The number of benzene rings is 1. The number of fused-ring (bicyclic) bond motifs is 5. The van der Waals surface area contributed by atoms with E-state index >= 15 is 0 Å². The summed E-state index contributed by atoms with van der Waals surface area (Å²) in [4.78, 5) is 37.5. The Morgan fingerprint density at radius 2 is 1.52 bits per heavy atom. The number of nitrogens with zero attached hydrogens (tertiary/aromatic N) is 1. The first-order valence-electron chi connectivity index (χ1n) is 7.04. The van der Waals surface area contributed by atoms with Gasteiger partial charge in [-0.3, -0.25) is 19.3 Å². The van der Waals surface area contributed by atoms with Crippen LogP contribution >= 0.6 is 0 Å². The van der Waals surface area contributed by atoms with E-state index in [1.165, 1.54) is 4.90 Å². The van der Waals surface area contributed by atoms with Gasteiger partial charge in [-0.2, -0.15) is 0 Å². The van der Waals surface area contributed by atoms with Gasteiger partial charge in [-0.25, -0.2) is 0 Å². The highest BCUT2D eigenvalue weighted by atomic mass is 16.2. The third-order valence-electron chi connectivity index (χ3n) is 4.88. The van der Waals surface area contributed by atoms with Gasteiger partial charge in [0.25, 0.3) is 0 Å². The van der Waals surface area contributed by atoms with Crippen LogP contribution in [0.15, 0.2) is 36.4 Å². The van der Waals surface area contributed by atoms with Crippen LogP contribution in [0.4, 0.5) is 5.69 Å². The molecule has 1 saturated heterocycles. The lowest BCUT2D eigenvalue weighted by Gasteiger charge is -2.17. The van der Waals surface area contributed by atoms with Crippen molar-refractivity contribution in [1.29, 1.82) is 0 Å². The van der Waals surface area contributed by atoms with E-state index in [-0.39, 0.29) is 35.5 Å². The molecule has 1 saturated carbocycles. The molecule has 5 nitrogen and oxygen atoms in total. The molecule has 2 N–H and O–H groups in total. The first-order chi connectivity index (χ1) is 10.1. The molecule has 0 unspecified atom stereocenters. The molecule has 1 aromatic carbocycles. The number of hydrogen-bond acceptors (Lipinski definition) is 3. The molecule has 1 aromatic rings. The Morgan fingerprint density at radius 3 is 2.00 bits per heavy atom. The van der Waals surface area contributed by atoms with Crippen molar-refractivity contribution in [1.82, 2.24) is 0 Å². The molecular formula is C16H14N2O3. The van der Waals surface area contributed by atoms with E-state index in [2.05, 4.69) is 12.2 Å². The molecule has 0 aromatic heterocycles. The van der Waals surface area contributed by atoms with Gasteiger partial charge in [0.2, 0.25) is 17.7 Å². The maximum Gasteiger partial charge on any atom is 0.248 e. The summed E-state index contributed by atoms with van der Waals surface area (Å²) >= 11 is 0. The Bertz CT molecular complexity index is 662. The Hall–Kier alpha value is -2.43. The summed E-state index contributed by atoms with van der Waals surface area (Å²) in [6, 6.07) is 6.29. The van der Waals surface area contributed by atoms with E-state index < -0.39 is 5.91 Å². The molecule has 4 atom stereocenters. The van der Waals surface area contributed by atoms with Crippen LogP contribution in [-0.4, -0.2) is 17.7 Å². The van der Waals surface area contributed by atoms with Gasteiger partial charge in [0.15, 0.2) is 0 Å². The first-order valence-corrected chi connectivity index (χ1v) is 7.04. The van der Waals surface area contributed by atoms with Gasteiger partial charge in [0, 0.05) is 5.56 Å². The summed E-state index contributed by atoms with van der Waals surface area (Å²) in [5.41, 5.74) is 6.07. The zero-order valence-electron chi connectivity index (χ0n) is 11.2. The van der Waals surface area contributed by atoms with Crippen molar-refractivity contribution in [2.75, 3.05) is 4.90 Å². The van der Waals surface area contributed by atoms with Crippen molar-refractivity contribution in [2.45, 2.75) is 6.42 Å². The van der Waals surface area contributed by atoms with E-state index in [1.807, 2.05) is 0 Å². The van der Waals surface area contributed by atoms with Crippen LogP contribution in [0.1, 0.15) is 16.8 Å². The predicted octanol–water partition coefficient (Wildman–Crippen LogP) is 1.10. The maximum atomic E-state index is 12.6. The first kappa shape index (κ1) is 12.3. The molecule has 5 heteroatoms. The summed E-state index contributed by atoms with van der Waals surface area (Å²) in [6.07, 6.45) is 5.05. The van der Waals surface area contributed by atoms with Crippen molar-refractivity contribution in [3.05, 3.63) is 42.0 Å². The fraction of sp³-hybridized carbons (Fsp3) is 0.312. The molecule has 3 amide bonds. The topological polar surface area (TPSA) is 80.5 Å². The summed E-state index contributed by atoms with van der Waals surface area (Å²) in [5, 5.41) is 0. The number of carbonyl (C=O) groups excluding carboxylic acids is 3. The van der Waals surface area contributed by atoms with E-state index in [1.54, 1.807) is 24.3 Å².